The second-order valence-electron chi connectivity index (χ2n) is 5.15. The van der Waals surface area contributed by atoms with Gasteiger partial charge in [-0.2, -0.15) is 0 Å². The monoisotopic (exact) mass is 234 g/mol. The quantitative estimate of drug-likeness (QED) is 0.774. The average Bonchev–Trinajstić information content (AvgIpc) is 2.24. The van der Waals surface area contributed by atoms with Crippen molar-refractivity contribution in [2.75, 3.05) is 6.61 Å². The van der Waals surface area contributed by atoms with E-state index in [1.807, 2.05) is 12.1 Å². The van der Waals surface area contributed by atoms with Gasteiger partial charge in [-0.25, -0.2) is 0 Å². The molecule has 0 aliphatic heterocycles. The highest BCUT2D eigenvalue weighted by atomic mass is 28.3. The Balaban J connectivity index is 2.62. The van der Waals surface area contributed by atoms with Gasteiger partial charge in [0.1, 0.15) is 0 Å². The predicted molar refractivity (Wildman–Crippen MR) is 73.3 cm³/mol. The predicted octanol–water partition coefficient (Wildman–Crippen LogP) is 3.42. The Labute approximate surface area is 99.8 Å². The SMILES string of the molecule is C[Si](C)(C)/C(=C\CO)CCc1ccccc1. The van der Waals surface area contributed by atoms with Crippen molar-refractivity contribution in [1.29, 1.82) is 0 Å². The average molecular weight is 234 g/mol. The number of hydrogen-bond donors (Lipinski definition) is 1. The number of aryl methyl sites for hydroxylation is 1. The molecule has 0 atom stereocenters. The van der Waals surface area contributed by atoms with Crippen LogP contribution in [0.5, 0.6) is 0 Å². The van der Waals surface area contributed by atoms with E-state index in [1.165, 1.54) is 10.8 Å². The molecule has 0 fully saturated rings. The van der Waals surface area contributed by atoms with E-state index in [-0.39, 0.29) is 6.61 Å². The first-order valence-electron chi connectivity index (χ1n) is 5.88. The Morgan fingerprint density at radius 2 is 1.81 bits per heavy atom. The first kappa shape index (κ1) is 13.2. The van der Waals surface area contributed by atoms with Gasteiger partial charge in [0.2, 0.25) is 0 Å². The van der Waals surface area contributed by atoms with Crippen molar-refractivity contribution < 1.29 is 5.11 Å². The molecular formula is C14H22OSi. The standard InChI is InChI=1S/C14H22OSi/c1-16(2,3)14(11-12-15)10-9-13-7-5-4-6-8-13/h4-8,11,15H,9-10,12H2,1-3H3/b14-11-. The van der Waals surface area contributed by atoms with E-state index in [2.05, 4.69) is 43.9 Å². The van der Waals surface area contributed by atoms with Gasteiger partial charge in [-0.15, -0.1) is 0 Å². The molecule has 0 saturated heterocycles. The zero-order chi connectivity index (χ0) is 12.0. The van der Waals surface area contributed by atoms with Crippen LogP contribution in [0.1, 0.15) is 12.0 Å². The summed E-state index contributed by atoms with van der Waals surface area (Å²) in [6.45, 7) is 7.17. The summed E-state index contributed by atoms with van der Waals surface area (Å²) in [6.07, 6.45) is 4.17. The maximum absolute atomic E-state index is 9.04. The summed E-state index contributed by atoms with van der Waals surface area (Å²) >= 11 is 0. The highest BCUT2D eigenvalue weighted by Gasteiger charge is 2.18. The lowest BCUT2D eigenvalue weighted by Crippen LogP contribution is -2.24. The van der Waals surface area contributed by atoms with Crippen LogP contribution >= 0.6 is 0 Å². The second-order valence-corrected chi connectivity index (χ2v) is 10.3. The van der Waals surface area contributed by atoms with Gasteiger partial charge in [-0.05, 0) is 18.4 Å². The van der Waals surface area contributed by atoms with Gasteiger partial charge in [0.15, 0.2) is 0 Å². The molecule has 0 radical (unpaired) electrons. The van der Waals surface area contributed by atoms with Crippen LogP contribution in [0.4, 0.5) is 0 Å². The molecule has 1 aromatic rings. The van der Waals surface area contributed by atoms with E-state index in [4.69, 9.17) is 5.11 Å². The van der Waals surface area contributed by atoms with Crippen LogP contribution in [0, 0.1) is 0 Å². The Morgan fingerprint density at radius 3 is 2.31 bits per heavy atom. The molecule has 0 unspecified atom stereocenters. The number of benzene rings is 1. The third kappa shape index (κ3) is 4.33. The fraction of sp³-hybridized carbons (Fsp3) is 0.429. The van der Waals surface area contributed by atoms with E-state index in [9.17, 15) is 0 Å². The summed E-state index contributed by atoms with van der Waals surface area (Å²) in [6, 6.07) is 10.5. The summed E-state index contributed by atoms with van der Waals surface area (Å²) in [5.41, 5.74) is 1.38. The molecule has 2 heteroatoms. The van der Waals surface area contributed by atoms with Gasteiger partial charge in [0.05, 0.1) is 14.7 Å². The Hall–Kier alpha value is -0.863. The lowest BCUT2D eigenvalue weighted by molar-refractivity contribution is 0.342. The molecule has 0 aromatic heterocycles. The minimum Gasteiger partial charge on any atom is -0.392 e. The zero-order valence-electron chi connectivity index (χ0n) is 10.5. The second kappa shape index (κ2) is 6.02. The molecule has 0 heterocycles. The van der Waals surface area contributed by atoms with Gasteiger partial charge in [0, 0.05) is 0 Å². The fourth-order valence-electron chi connectivity index (χ4n) is 1.82. The third-order valence-corrected chi connectivity index (χ3v) is 5.21. The number of allylic oxidation sites excluding steroid dienone is 1. The highest BCUT2D eigenvalue weighted by Crippen LogP contribution is 2.20. The van der Waals surface area contributed by atoms with E-state index in [0.717, 1.165) is 12.8 Å². The van der Waals surface area contributed by atoms with Crippen molar-refractivity contribution >= 4 is 8.07 Å². The zero-order valence-corrected chi connectivity index (χ0v) is 11.5. The molecule has 0 aliphatic rings. The molecule has 88 valence electrons. The van der Waals surface area contributed by atoms with Gasteiger partial charge in [-0.1, -0.05) is 61.2 Å². The molecule has 0 spiro atoms. The summed E-state index contributed by atoms with van der Waals surface area (Å²) in [4.78, 5) is 0. The molecule has 0 aliphatic carbocycles. The smallest absolute Gasteiger partial charge is 0.0721 e. The molecular weight excluding hydrogens is 212 g/mol. The lowest BCUT2D eigenvalue weighted by atomic mass is 10.1. The molecule has 16 heavy (non-hydrogen) atoms. The van der Waals surface area contributed by atoms with Gasteiger partial charge >= 0.3 is 0 Å². The Bertz CT molecular complexity index is 336. The van der Waals surface area contributed by atoms with Crippen LogP contribution in [0.2, 0.25) is 19.6 Å². The van der Waals surface area contributed by atoms with Crippen molar-refractivity contribution in [3.05, 3.63) is 47.2 Å². The summed E-state index contributed by atoms with van der Waals surface area (Å²) in [7, 11) is -1.26. The van der Waals surface area contributed by atoms with Crippen LogP contribution in [-0.4, -0.2) is 19.8 Å². The fourth-order valence-corrected chi connectivity index (χ4v) is 3.40. The van der Waals surface area contributed by atoms with Crippen molar-refractivity contribution in [3.8, 4) is 0 Å². The summed E-state index contributed by atoms with van der Waals surface area (Å²) < 4.78 is 0. The maximum Gasteiger partial charge on any atom is 0.0721 e. The third-order valence-electron chi connectivity index (χ3n) is 2.83. The number of rotatable bonds is 5. The van der Waals surface area contributed by atoms with E-state index in [0.29, 0.717) is 0 Å². The van der Waals surface area contributed by atoms with E-state index in [1.54, 1.807) is 0 Å². The summed E-state index contributed by atoms with van der Waals surface area (Å²) in [5.74, 6) is 0. The Kier molecular flexibility index (Phi) is 4.96. The minimum absolute atomic E-state index is 0.175. The molecule has 1 N–H and O–H groups in total. The first-order valence-corrected chi connectivity index (χ1v) is 9.38. The topological polar surface area (TPSA) is 20.2 Å². The molecule has 1 nitrogen and oxygen atoms in total. The van der Waals surface area contributed by atoms with E-state index < -0.39 is 8.07 Å². The summed E-state index contributed by atoms with van der Waals surface area (Å²) in [5, 5.41) is 10.5. The van der Waals surface area contributed by atoms with Crippen LogP contribution in [0.25, 0.3) is 0 Å². The van der Waals surface area contributed by atoms with Gasteiger partial charge in [-0.3, -0.25) is 0 Å². The number of hydrogen-bond acceptors (Lipinski definition) is 1. The number of aliphatic hydroxyl groups is 1. The normalized spacial score (nSPS) is 12.9. The number of aliphatic hydroxyl groups excluding tert-OH is 1. The van der Waals surface area contributed by atoms with Crippen LogP contribution in [-0.2, 0) is 6.42 Å². The van der Waals surface area contributed by atoms with Gasteiger partial charge < -0.3 is 5.11 Å². The van der Waals surface area contributed by atoms with Gasteiger partial charge in [0.25, 0.3) is 0 Å². The van der Waals surface area contributed by atoms with Crippen LogP contribution in [0.3, 0.4) is 0 Å². The van der Waals surface area contributed by atoms with Crippen molar-refractivity contribution in [2.45, 2.75) is 32.5 Å². The molecule has 0 amide bonds. The highest BCUT2D eigenvalue weighted by molar-refractivity contribution is 6.83. The largest absolute Gasteiger partial charge is 0.392 e. The minimum atomic E-state index is -1.26. The molecule has 1 aromatic carbocycles. The van der Waals surface area contributed by atoms with Crippen LogP contribution in [0.15, 0.2) is 41.6 Å². The van der Waals surface area contributed by atoms with Crippen LogP contribution < -0.4 is 0 Å². The lowest BCUT2D eigenvalue weighted by Gasteiger charge is -2.21. The van der Waals surface area contributed by atoms with E-state index >= 15 is 0 Å². The first-order chi connectivity index (χ1) is 7.54. The maximum atomic E-state index is 9.04. The van der Waals surface area contributed by atoms with Crippen molar-refractivity contribution in [1.82, 2.24) is 0 Å². The molecule has 0 saturated carbocycles. The van der Waals surface area contributed by atoms with Crippen molar-refractivity contribution in [2.24, 2.45) is 0 Å². The Morgan fingerprint density at radius 1 is 1.19 bits per heavy atom. The molecule has 0 bridgehead atoms. The molecule has 1 rings (SSSR count). The van der Waals surface area contributed by atoms with Crippen molar-refractivity contribution in [3.63, 3.8) is 0 Å².